The summed E-state index contributed by atoms with van der Waals surface area (Å²) >= 11 is -1.77. The number of rotatable bonds is 5. The van der Waals surface area contributed by atoms with Gasteiger partial charge in [-0.15, -0.1) is 6.67 Å². The van der Waals surface area contributed by atoms with Crippen LogP contribution < -0.4 is 14.5 Å². The van der Waals surface area contributed by atoms with Crippen molar-refractivity contribution in [1.29, 1.82) is 0 Å². The molecular formula is C34H38Cl2N3ORu-. The van der Waals surface area contributed by atoms with Gasteiger partial charge in [-0.1, -0.05) is 35.4 Å². The molecule has 4 aromatic rings. The summed E-state index contributed by atoms with van der Waals surface area (Å²) in [5.74, 6) is 1.83. The minimum Gasteiger partial charge on any atom is -0.471 e. The van der Waals surface area contributed by atoms with E-state index in [-0.39, 0.29) is 6.10 Å². The van der Waals surface area contributed by atoms with Gasteiger partial charge < -0.3 is 9.80 Å². The molecule has 0 saturated carbocycles. The number of ether oxygens (including phenoxy) is 1. The molecular weight excluding hydrogens is 638 g/mol. The van der Waals surface area contributed by atoms with Crippen LogP contribution in [0, 0.1) is 48.2 Å². The van der Waals surface area contributed by atoms with Gasteiger partial charge in [0.15, 0.2) is 0 Å². The number of halogens is 2. The van der Waals surface area contributed by atoms with Crippen LogP contribution in [0.4, 0.5) is 22.9 Å². The number of fused-ring (bicyclic) bond motifs is 1. The number of hydrogen-bond donors (Lipinski definition) is 0. The first kappa shape index (κ1) is 31.2. The van der Waals surface area contributed by atoms with E-state index in [0.29, 0.717) is 0 Å². The Morgan fingerprint density at radius 2 is 1.32 bits per heavy atom. The van der Waals surface area contributed by atoms with Crippen molar-refractivity contribution >= 4 is 46.9 Å². The van der Waals surface area contributed by atoms with E-state index in [1.54, 1.807) is 0 Å². The first-order chi connectivity index (χ1) is 19.5. The van der Waals surface area contributed by atoms with E-state index in [0.717, 1.165) is 22.8 Å². The summed E-state index contributed by atoms with van der Waals surface area (Å²) < 4.78 is 7.51. The van der Waals surface area contributed by atoms with Crippen molar-refractivity contribution in [1.82, 2.24) is 4.98 Å². The smallest absolute Gasteiger partial charge is 0.126 e. The molecule has 0 amide bonds. The summed E-state index contributed by atoms with van der Waals surface area (Å²) in [6.07, 6.45) is 2.03. The first-order valence-electron chi connectivity index (χ1n) is 13.6. The Kier molecular flexibility index (Phi) is 10.3. The van der Waals surface area contributed by atoms with Crippen LogP contribution in [-0.4, -0.2) is 15.7 Å². The van der Waals surface area contributed by atoms with Crippen LogP contribution in [-0.2, 0) is 13.5 Å². The quantitative estimate of drug-likeness (QED) is 0.156. The van der Waals surface area contributed by atoms with Crippen molar-refractivity contribution in [3.05, 3.63) is 112 Å². The molecule has 0 aliphatic carbocycles. The maximum atomic E-state index is 5.82. The van der Waals surface area contributed by atoms with Gasteiger partial charge in [-0.3, -0.25) is 0 Å². The van der Waals surface area contributed by atoms with E-state index >= 15 is 0 Å². The van der Waals surface area contributed by atoms with Gasteiger partial charge in [0.25, 0.3) is 0 Å². The number of aryl methyl sites for hydroxylation is 6. The Balaban J connectivity index is 0.000000234. The summed E-state index contributed by atoms with van der Waals surface area (Å²) in [5, 5.41) is 0. The SMILES string of the molecule is CC(C)Oc1ccccc1[CH]=[Ru]([Cl])[Cl].Cc1cc(C)c(N2[CH-]N(c3c(C)cc(C)cc3C)c3ncccc32)c(C)c1. The second-order valence-corrected chi connectivity index (χ2v) is 16.4. The van der Waals surface area contributed by atoms with Gasteiger partial charge in [0.2, 0.25) is 0 Å². The Labute approximate surface area is 258 Å². The maximum Gasteiger partial charge on any atom is 0.126 e. The summed E-state index contributed by atoms with van der Waals surface area (Å²) in [5.41, 5.74) is 12.2. The zero-order valence-corrected chi connectivity index (χ0v) is 28.2. The summed E-state index contributed by atoms with van der Waals surface area (Å²) in [6, 6.07) is 20.9. The molecule has 3 aromatic carbocycles. The average molecular weight is 677 g/mol. The molecule has 0 unspecified atom stereocenters. The molecule has 4 nitrogen and oxygen atoms in total. The molecule has 0 fully saturated rings. The predicted molar refractivity (Wildman–Crippen MR) is 173 cm³/mol. The van der Waals surface area contributed by atoms with Gasteiger partial charge in [-0.25, -0.2) is 4.98 Å². The molecule has 0 bridgehead atoms. The van der Waals surface area contributed by atoms with Crippen LogP contribution in [0.15, 0.2) is 66.9 Å². The van der Waals surface area contributed by atoms with Gasteiger partial charge in [0.1, 0.15) is 5.82 Å². The van der Waals surface area contributed by atoms with Gasteiger partial charge in [0, 0.05) is 17.6 Å². The minimum absolute atomic E-state index is 0.163. The van der Waals surface area contributed by atoms with E-state index in [9.17, 15) is 0 Å². The first-order valence-corrected chi connectivity index (χ1v) is 19.1. The van der Waals surface area contributed by atoms with E-state index in [1.165, 1.54) is 44.8 Å². The Morgan fingerprint density at radius 1 is 0.780 bits per heavy atom. The molecule has 5 rings (SSSR count). The summed E-state index contributed by atoms with van der Waals surface area (Å²) in [6.45, 7) is 19.2. The van der Waals surface area contributed by atoms with E-state index in [1.807, 2.05) is 55.0 Å². The Morgan fingerprint density at radius 3 is 1.85 bits per heavy atom. The minimum atomic E-state index is -1.77. The van der Waals surface area contributed by atoms with Gasteiger partial charge in [-0.05, 0) is 75.9 Å². The second-order valence-electron chi connectivity index (χ2n) is 10.7. The predicted octanol–water partition coefficient (Wildman–Crippen LogP) is 9.89. The van der Waals surface area contributed by atoms with E-state index < -0.39 is 13.5 Å². The van der Waals surface area contributed by atoms with E-state index in [4.69, 9.17) is 29.1 Å². The molecule has 2 heterocycles. The molecule has 1 aromatic heterocycles. The molecule has 218 valence electrons. The van der Waals surface area contributed by atoms with Crippen molar-refractivity contribution in [3.63, 3.8) is 0 Å². The third-order valence-corrected chi connectivity index (χ3v) is 8.54. The monoisotopic (exact) mass is 676 g/mol. The molecule has 0 radical (unpaired) electrons. The number of anilines is 4. The summed E-state index contributed by atoms with van der Waals surface area (Å²) in [4.78, 5) is 9.24. The zero-order valence-electron chi connectivity index (χ0n) is 24.9. The van der Waals surface area contributed by atoms with Crippen molar-refractivity contribution in [2.24, 2.45) is 0 Å². The largest absolute Gasteiger partial charge is 0.471 e. The number of para-hydroxylation sites is 1. The number of hydrogen-bond acceptors (Lipinski definition) is 4. The van der Waals surface area contributed by atoms with Crippen LogP contribution in [0.5, 0.6) is 5.75 Å². The fourth-order valence-corrected chi connectivity index (χ4v) is 7.26. The number of aromatic nitrogens is 1. The molecule has 0 saturated heterocycles. The van der Waals surface area contributed by atoms with Crippen LogP contribution in [0.1, 0.15) is 52.8 Å². The van der Waals surface area contributed by atoms with Crippen molar-refractivity contribution in [2.45, 2.75) is 61.5 Å². The maximum absolute atomic E-state index is 5.82. The molecule has 1 aliphatic heterocycles. The number of nitrogens with zero attached hydrogens (tertiary/aromatic N) is 3. The van der Waals surface area contributed by atoms with Crippen LogP contribution >= 0.6 is 19.4 Å². The van der Waals surface area contributed by atoms with Gasteiger partial charge in [-0.2, -0.15) is 0 Å². The van der Waals surface area contributed by atoms with Crippen molar-refractivity contribution in [3.8, 4) is 5.75 Å². The third-order valence-electron chi connectivity index (χ3n) is 6.71. The van der Waals surface area contributed by atoms with Crippen molar-refractivity contribution < 1.29 is 18.3 Å². The van der Waals surface area contributed by atoms with Crippen molar-refractivity contribution in [2.75, 3.05) is 9.80 Å². The molecule has 0 spiro atoms. The van der Waals surface area contributed by atoms with Crippen LogP contribution in [0.2, 0.25) is 0 Å². The fourth-order valence-electron chi connectivity index (χ4n) is 5.45. The normalized spacial score (nSPS) is 12.6. The molecule has 1 aliphatic rings. The Hall–Kier alpha value is -2.72. The summed E-state index contributed by atoms with van der Waals surface area (Å²) in [7, 11) is 11.6. The second kappa shape index (κ2) is 13.5. The van der Waals surface area contributed by atoms with E-state index in [2.05, 4.69) is 88.3 Å². The van der Waals surface area contributed by atoms with Crippen LogP contribution in [0.3, 0.4) is 0 Å². The zero-order chi connectivity index (χ0) is 29.8. The molecule has 0 N–H and O–H groups in total. The topological polar surface area (TPSA) is 28.6 Å². The van der Waals surface area contributed by atoms with Crippen LogP contribution in [0.25, 0.3) is 0 Å². The van der Waals surface area contributed by atoms with Gasteiger partial charge in [0.05, 0.1) is 5.69 Å². The number of pyridine rings is 1. The standard InChI is InChI=1S/C24H26N3.C10H12O.2ClH.Ru/c1-15-10-17(3)22(18(4)11-15)26-14-27(24-21(26)8-7-9-25-24)23-19(5)12-16(2)13-20(23)6;1-8(2)11-10-7-5-4-6-9(10)3;;;/h7-14H,1-6H3;3-8H,1-2H3;2*1H;/q-1;;;;+2/p-2. The Bertz CT molecular complexity index is 1450. The number of benzene rings is 3. The molecule has 7 heteroatoms. The van der Waals surface area contributed by atoms with Gasteiger partial charge >= 0.3 is 97.8 Å². The molecule has 41 heavy (non-hydrogen) atoms. The fraction of sp³-hybridized carbons (Fsp3) is 0.265. The third kappa shape index (κ3) is 7.38. The average Bonchev–Trinajstić information content (AvgIpc) is 3.23. The molecule has 0 atom stereocenters.